The predicted octanol–water partition coefficient (Wildman–Crippen LogP) is 2.50. The standard InChI is InChI=1S/C14H26N2O3/c1-2-3-4-5-6-7-8-9-10-13(17)19-12-11-16-14(15)18/h2H,1,3-12H2,(H3,15,16,18). The maximum atomic E-state index is 11.3. The largest absolute Gasteiger partial charge is 0.464 e. The molecule has 0 rings (SSSR count). The fraction of sp³-hybridized carbons (Fsp3) is 0.714. The van der Waals surface area contributed by atoms with Crippen LogP contribution < -0.4 is 11.1 Å². The fourth-order valence-electron chi connectivity index (χ4n) is 1.68. The molecule has 0 aliphatic rings. The molecule has 0 aromatic heterocycles. The van der Waals surface area contributed by atoms with Crippen molar-refractivity contribution in [1.29, 1.82) is 0 Å². The Kier molecular flexibility index (Phi) is 11.9. The van der Waals surface area contributed by atoms with Gasteiger partial charge in [-0.1, -0.05) is 31.8 Å². The first-order valence-electron chi connectivity index (χ1n) is 6.96. The number of hydrogen-bond acceptors (Lipinski definition) is 3. The number of hydrogen-bond donors (Lipinski definition) is 2. The SMILES string of the molecule is C=CCCCCCCCCC(=O)OCCNC(N)=O. The molecule has 0 saturated heterocycles. The number of carbonyl (C=O) groups excluding carboxylic acids is 2. The summed E-state index contributed by atoms with van der Waals surface area (Å²) in [4.78, 5) is 21.6. The lowest BCUT2D eigenvalue weighted by molar-refractivity contribution is -0.143. The zero-order chi connectivity index (χ0) is 14.3. The van der Waals surface area contributed by atoms with Crippen LogP contribution in [0, 0.1) is 0 Å². The molecule has 5 nitrogen and oxygen atoms in total. The van der Waals surface area contributed by atoms with E-state index in [0.717, 1.165) is 25.7 Å². The number of esters is 1. The minimum atomic E-state index is -0.604. The van der Waals surface area contributed by atoms with Crippen molar-refractivity contribution in [3.05, 3.63) is 12.7 Å². The molecule has 0 heterocycles. The van der Waals surface area contributed by atoms with E-state index < -0.39 is 6.03 Å². The van der Waals surface area contributed by atoms with Crippen molar-refractivity contribution in [3.63, 3.8) is 0 Å². The van der Waals surface area contributed by atoms with Gasteiger partial charge in [0.05, 0.1) is 6.54 Å². The van der Waals surface area contributed by atoms with E-state index in [1.165, 1.54) is 19.3 Å². The van der Waals surface area contributed by atoms with Crippen LogP contribution in [0.4, 0.5) is 4.79 Å². The monoisotopic (exact) mass is 270 g/mol. The summed E-state index contributed by atoms with van der Waals surface area (Å²) in [6.07, 6.45) is 10.2. The van der Waals surface area contributed by atoms with E-state index in [4.69, 9.17) is 10.5 Å². The molecule has 0 aliphatic heterocycles. The maximum Gasteiger partial charge on any atom is 0.312 e. The lowest BCUT2D eigenvalue weighted by atomic mass is 10.1. The molecular weight excluding hydrogens is 244 g/mol. The van der Waals surface area contributed by atoms with Gasteiger partial charge in [0, 0.05) is 6.42 Å². The lowest BCUT2D eigenvalue weighted by Crippen LogP contribution is -2.32. The molecule has 0 atom stereocenters. The number of nitrogens with one attached hydrogen (secondary N) is 1. The first-order chi connectivity index (χ1) is 9.16. The molecule has 0 fully saturated rings. The first kappa shape index (κ1) is 17.5. The highest BCUT2D eigenvalue weighted by Gasteiger charge is 2.02. The second-order valence-corrected chi connectivity index (χ2v) is 4.46. The number of primary amides is 1. The van der Waals surface area contributed by atoms with Crippen LogP contribution in [0.1, 0.15) is 51.4 Å². The molecule has 5 heteroatoms. The average Bonchev–Trinajstić information content (AvgIpc) is 2.37. The van der Waals surface area contributed by atoms with E-state index in [0.29, 0.717) is 6.42 Å². The summed E-state index contributed by atoms with van der Waals surface area (Å²) in [6, 6.07) is -0.604. The zero-order valence-electron chi connectivity index (χ0n) is 11.7. The molecule has 0 aromatic rings. The number of amides is 2. The van der Waals surface area contributed by atoms with Crippen LogP contribution in [0.15, 0.2) is 12.7 Å². The normalized spacial score (nSPS) is 9.89. The van der Waals surface area contributed by atoms with Crippen molar-refractivity contribution < 1.29 is 14.3 Å². The molecule has 0 radical (unpaired) electrons. The summed E-state index contributed by atoms with van der Waals surface area (Å²) in [5, 5.41) is 2.36. The molecule has 0 saturated carbocycles. The molecular formula is C14H26N2O3. The Balaban J connectivity index is 3.20. The Bertz CT molecular complexity index is 267. The third-order valence-electron chi connectivity index (χ3n) is 2.70. The smallest absolute Gasteiger partial charge is 0.312 e. The molecule has 0 aromatic carbocycles. The van der Waals surface area contributed by atoms with Crippen LogP contribution in [-0.4, -0.2) is 25.2 Å². The average molecular weight is 270 g/mol. The van der Waals surface area contributed by atoms with Gasteiger partial charge in [0.15, 0.2) is 0 Å². The summed E-state index contributed by atoms with van der Waals surface area (Å²) in [5.74, 6) is -0.210. The van der Waals surface area contributed by atoms with E-state index in [-0.39, 0.29) is 19.1 Å². The number of nitrogens with two attached hydrogens (primary N) is 1. The number of allylic oxidation sites excluding steroid dienone is 1. The Labute approximate surface area is 115 Å². The fourth-order valence-corrected chi connectivity index (χ4v) is 1.68. The summed E-state index contributed by atoms with van der Waals surface area (Å²) in [6.45, 7) is 4.14. The molecule has 19 heavy (non-hydrogen) atoms. The summed E-state index contributed by atoms with van der Waals surface area (Å²) in [5.41, 5.74) is 4.87. The van der Waals surface area contributed by atoms with E-state index >= 15 is 0 Å². The van der Waals surface area contributed by atoms with Crippen LogP contribution in [-0.2, 0) is 9.53 Å². The van der Waals surface area contributed by atoms with Crippen molar-refractivity contribution in [2.75, 3.05) is 13.2 Å². The highest BCUT2D eigenvalue weighted by atomic mass is 16.5. The van der Waals surface area contributed by atoms with E-state index in [2.05, 4.69) is 11.9 Å². The van der Waals surface area contributed by atoms with E-state index in [9.17, 15) is 9.59 Å². The highest BCUT2D eigenvalue weighted by Crippen LogP contribution is 2.09. The minimum absolute atomic E-state index is 0.184. The van der Waals surface area contributed by atoms with Crippen LogP contribution in [0.3, 0.4) is 0 Å². The van der Waals surface area contributed by atoms with Crippen LogP contribution >= 0.6 is 0 Å². The molecule has 110 valence electrons. The third kappa shape index (κ3) is 14.4. The summed E-state index contributed by atoms with van der Waals surface area (Å²) >= 11 is 0. The Morgan fingerprint density at radius 3 is 2.37 bits per heavy atom. The number of rotatable bonds is 12. The molecule has 0 bridgehead atoms. The van der Waals surface area contributed by atoms with Gasteiger partial charge in [-0.25, -0.2) is 4.79 Å². The number of carbonyl (C=O) groups is 2. The highest BCUT2D eigenvalue weighted by molar-refractivity contribution is 5.71. The molecule has 0 aliphatic carbocycles. The van der Waals surface area contributed by atoms with Gasteiger partial charge in [-0.15, -0.1) is 6.58 Å². The number of unbranched alkanes of at least 4 members (excludes halogenated alkanes) is 6. The van der Waals surface area contributed by atoms with Gasteiger partial charge >= 0.3 is 12.0 Å². The third-order valence-corrected chi connectivity index (χ3v) is 2.70. The molecule has 0 unspecified atom stereocenters. The van der Waals surface area contributed by atoms with Crippen LogP contribution in [0.2, 0.25) is 0 Å². The summed E-state index contributed by atoms with van der Waals surface area (Å²) in [7, 11) is 0. The van der Waals surface area contributed by atoms with Crippen molar-refractivity contribution in [2.45, 2.75) is 51.4 Å². The van der Waals surface area contributed by atoms with Crippen LogP contribution in [0.25, 0.3) is 0 Å². The Morgan fingerprint density at radius 2 is 1.74 bits per heavy atom. The quantitative estimate of drug-likeness (QED) is 0.325. The van der Waals surface area contributed by atoms with Gasteiger partial charge in [0.2, 0.25) is 0 Å². The Hall–Kier alpha value is -1.52. The van der Waals surface area contributed by atoms with Gasteiger partial charge in [0.25, 0.3) is 0 Å². The van der Waals surface area contributed by atoms with Crippen molar-refractivity contribution in [2.24, 2.45) is 5.73 Å². The van der Waals surface area contributed by atoms with Gasteiger partial charge in [-0.3, -0.25) is 4.79 Å². The zero-order valence-corrected chi connectivity index (χ0v) is 11.7. The molecule has 0 spiro atoms. The van der Waals surface area contributed by atoms with Crippen molar-refractivity contribution in [1.82, 2.24) is 5.32 Å². The van der Waals surface area contributed by atoms with Gasteiger partial charge in [0.1, 0.15) is 6.61 Å². The van der Waals surface area contributed by atoms with Crippen LogP contribution in [0.5, 0.6) is 0 Å². The van der Waals surface area contributed by atoms with E-state index in [1.807, 2.05) is 6.08 Å². The Morgan fingerprint density at radius 1 is 1.11 bits per heavy atom. The predicted molar refractivity (Wildman–Crippen MR) is 75.7 cm³/mol. The van der Waals surface area contributed by atoms with Gasteiger partial charge in [-0.05, 0) is 19.3 Å². The first-order valence-corrected chi connectivity index (χ1v) is 6.96. The maximum absolute atomic E-state index is 11.3. The number of urea groups is 1. The molecule has 2 amide bonds. The minimum Gasteiger partial charge on any atom is -0.464 e. The van der Waals surface area contributed by atoms with Gasteiger partial charge in [-0.2, -0.15) is 0 Å². The second-order valence-electron chi connectivity index (χ2n) is 4.46. The summed E-state index contributed by atoms with van der Waals surface area (Å²) < 4.78 is 4.93. The van der Waals surface area contributed by atoms with Crippen molar-refractivity contribution in [3.8, 4) is 0 Å². The van der Waals surface area contributed by atoms with Gasteiger partial charge < -0.3 is 15.8 Å². The second kappa shape index (κ2) is 12.9. The topological polar surface area (TPSA) is 81.4 Å². The number of ether oxygens (including phenoxy) is 1. The molecule has 3 N–H and O–H groups in total. The van der Waals surface area contributed by atoms with E-state index in [1.54, 1.807) is 0 Å². The lowest BCUT2D eigenvalue weighted by Gasteiger charge is -2.05. The van der Waals surface area contributed by atoms with Crippen molar-refractivity contribution >= 4 is 12.0 Å².